The molecule has 1 amide bonds. The van der Waals surface area contributed by atoms with Crippen molar-refractivity contribution >= 4 is 5.91 Å². The number of hydrogen-bond acceptors (Lipinski definition) is 4. The lowest BCUT2D eigenvalue weighted by Gasteiger charge is -2.35. The number of aromatic amines is 2. The third kappa shape index (κ3) is 3.01. The van der Waals surface area contributed by atoms with Crippen LogP contribution in [0, 0.1) is 0 Å². The lowest BCUT2D eigenvalue weighted by Crippen LogP contribution is -2.39. The molecule has 2 aromatic rings. The lowest BCUT2D eigenvalue weighted by atomic mass is 9.96. The molecule has 110 valence electrons. The minimum absolute atomic E-state index is 0.0219. The second-order valence-electron chi connectivity index (χ2n) is 5.19. The summed E-state index contributed by atoms with van der Waals surface area (Å²) < 4.78 is 0. The number of amides is 1. The normalized spacial score (nSPS) is 18.7. The van der Waals surface area contributed by atoms with Crippen LogP contribution in [-0.4, -0.2) is 37.5 Å². The van der Waals surface area contributed by atoms with E-state index in [1.165, 1.54) is 0 Å². The van der Waals surface area contributed by atoms with E-state index in [0.717, 1.165) is 31.4 Å². The fourth-order valence-electron chi connectivity index (χ4n) is 2.78. The zero-order valence-electron chi connectivity index (χ0n) is 11.6. The summed E-state index contributed by atoms with van der Waals surface area (Å²) in [5.74, 6) is 0.354. The highest BCUT2D eigenvalue weighted by molar-refractivity contribution is 5.78. The van der Waals surface area contributed by atoms with Crippen molar-refractivity contribution in [2.24, 2.45) is 0 Å². The van der Waals surface area contributed by atoms with Crippen molar-refractivity contribution in [3.63, 3.8) is 0 Å². The molecule has 7 heteroatoms. The molecule has 1 saturated heterocycles. The Morgan fingerprint density at radius 2 is 2.33 bits per heavy atom. The van der Waals surface area contributed by atoms with Gasteiger partial charge in [-0.05, 0) is 30.9 Å². The summed E-state index contributed by atoms with van der Waals surface area (Å²) in [5.41, 5.74) is 0.668. The van der Waals surface area contributed by atoms with E-state index >= 15 is 0 Å². The molecule has 0 aromatic carbocycles. The molecule has 7 nitrogen and oxygen atoms in total. The van der Waals surface area contributed by atoms with E-state index in [1.54, 1.807) is 6.20 Å². The van der Waals surface area contributed by atoms with Gasteiger partial charge in [-0.3, -0.25) is 14.8 Å². The first-order valence-electron chi connectivity index (χ1n) is 7.07. The van der Waals surface area contributed by atoms with Crippen LogP contribution in [0.5, 0.6) is 0 Å². The smallest absolute Gasteiger partial charge is 0.335 e. The molecule has 1 unspecified atom stereocenters. The van der Waals surface area contributed by atoms with Crippen LogP contribution in [0.4, 0.5) is 0 Å². The lowest BCUT2D eigenvalue weighted by molar-refractivity contribution is -0.134. The zero-order valence-corrected chi connectivity index (χ0v) is 11.6. The summed E-state index contributed by atoms with van der Waals surface area (Å²) in [6.07, 6.45) is 6.69. The van der Waals surface area contributed by atoms with Crippen molar-refractivity contribution in [2.75, 3.05) is 6.54 Å². The summed E-state index contributed by atoms with van der Waals surface area (Å²) in [7, 11) is 0. The Labute approximate surface area is 121 Å². The second-order valence-corrected chi connectivity index (χ2v) is 5.19. The van der Waals surface area contributed by atoms with E-state index in [2.05, 4.69) is 20.2 Å². The molecular weight excluding hydrogens is 270 g/mol. The van der Waals surface area contributed by atoms with Crippen molar-refractivity contribution in [3.05, 3.63) is 46.4 Å². The number of hydrogen-bond donors (Lipinski definition) is 2. The Morgan fingerprint density at radius 1 is 1.43 bits per heavy atom. The van der Waals surface area contributed by atoms with Crippen LogP contribution in [0.15, 0.2) is 29.3 Å². The monoisotopic (exact) mass is 287 g/mol. The number of H-pyrrole nitrogens is 2. The van der Waals surface area contributed by atoms with Crippen LogP contribution >= 0.6 is 0 Å². The van der Waals surface area contributed by atoms with Crippen molar-refractivity contribution < 1.29 is 4.79 Å². The summed E-state index contributed by atoms with van der Waals surface area (Å²) in [6, 6.07) is 3.95. The van der Waals surface area contributed by atoms with Gasteiger partial charge in [-0.2, -0.15) is 5.10 Å². The van der Waals surface area contributed by atoms with Gasteiger partial charge in [0.15, 0.2) is 0 Å². The molecule has 3 heterocycles. The van der Waals surface area contributed by atoms with E-state index in [9.17, 15) is 9.59 Å². The Kier molecular flexibility index (Phi) is 3.81. The Morgan fingerprint density at radius 3 is 3.05 bits per heavy atom. The predicted octanol–water partition coefficient (Wildman–Crippen LogP) is 0.789. The van der Waals surface area contributed by atoms with E-state index < -0.39 is 0 Å². The molecule has 1 atom stereocenters. The second kappa shape index (κ2) is 5.90. The number of piperidine rings is 1. The molecular formula is C14H17N5O2. The summed E-state index contributed by atoms with van der Waals surface area (Å²) >= 11 is 0. The van der Waals surface area contributed by atoms with Gasteiger partial charge in [0.05, 0.1) is 12.5 Å². The van der Waals surface area contributed by atoms with Crippen LogP contribution < -0.4 is 5.69 Å². The maximum absolute atomic E-state index is 12.5. The van der Waals surface area contributed by atoms with E-state index in [-0.39, 0.29) is 24.1 Å². The Hall–Kier alpha value is -2.44. The zero-order chi connectivity index (χ0) is 14.7. The van der Waals surface area contributed by atoms with Crippen molar-refractivity contribution in [3.8, 4) is 0 Å². The van der Waals surface area contributed by atoms with Gasteiger partial charge in [-0.1, -0.05) is 6.07 Å². The molecule has 1 fully saturated rings. The largest absolute Gasteiger partial charge is 0.340 e. The molecule has 3 rings (SSSR count). The van der Waals surface area contributed by atoms with Gasteiger partial charge in [0.25, 0.3) is 0 Å². The van der Waals surface area contributed by atoms with Crippen molar-refractivity contribution in [1.82, 2.24) is 25.1 Å². The fraction of sp³-hybridized carbons (Fsp3) is 0.429. The number of aromatic nitrogens is 4. The topological polar surface area (TPSA) is 94.7 Å². The molecule has 0 saturated carbocycles. The average molecular weight is 287 g/mol. The molecule has 0 radical (unpaired) electrons. The van der Waals surface area contributed by atoms with E-state index in [0.29, 0.717) is 5.82 Å². The standard InChI is InChI=1S/C14H17N5O2/c20-13(8-12-16-14(21)18-17-12)19-7-2-1-5-11(19)10-4-3-6-15-9-10/h3-4,6,9,11H,1-2,5,7-8H2,(H2,16,17,18,21). The summed E-state index contributed by atoms with van der Waals surface area (Å²) in [4.78, 5) is 32.0. The van der Waals surface area contributed by atoms with Gasteiger partial charge >= 0.3 is 5.69 Å². The van der Waals surface area contributed by atoms with Crippen LogP contribution in [0.3, 0.4) is 0 Å². The van der Waals surface area contributed by atoms with Crippen LogP contribution in [0.1, 0.15) is 36.7 Å². The summed E-state index contributed by atoms with van der Waals surface area (Å²) in [6.45, 7) is 0.729. The van der Waals surface area contributed by atoms with Crippen LogP contribution in [0.2, 0.25) is 0 Å². The minimum Gasteiger partial charge on any atom is -0.335 e. The highest BCUT2D eigenvalue weighted by Gasteiger charge is 2.28. The van der Waals surface area contributed by atoms with Gasteiger partial charge in [0.1, 0.15) is 5.82 Å². The average Bonchev–Trinajstić information content (AvgIpc) is 2.93. The van der Waals surface area contributed by atoms with Crippen molar-refractivity contribution in [2.45, 2.75) is 31.7 Å². The third-order valence-electron chi connectivity index (χ3n) is 3.76. The van der Waals surface area contributed by atoms with Gasteiger partial charge in [0, 0.05) is 18.9 Å². The predicted molar refractivity (Wildman–Crippen MR) is 75.5 cm³/mol. The first-order valence-corrected chi connectivity index (χ1v) is 7.07. The molecule has 1 aliphatic rings. The van der Waals surface area contributed by atoms with Crippen molar-refractivity contribution in [1.29, 1.82) is 0 Å². The van der Waals surface area contributed by atoms with Gasteiger partial charge < -0.3 is 4.90 Å². The molecule has 1 aliphatic heterocycles. The number of nitrogens with one attached hydrogen (secondary N) is 2. The fourth-order valence-corrected chi connectivity index (χ4v) is 2.78. The minimum atomic E-state index is -0.389. The van der Waals surface area contributed by atoms with E-state index in [4.69, 9.17) is 0 Å². The maximum atomic E-state index is 12.5. The molecule has 21 heavy (non-hydrogen) atoms. The van der Waals surface area contributed by atoms with Gasteiger partial charge in [-0.25, -0.2) is 9.89 Å². The molecule has 2 aromatic heterocycles. The van der Waals surface area contributed by atoms with Gasteiger partial charge in [-0.15, -0.1) is 0 Å². The number of pyridine rings is 1. The SMILES string of the molecule is O=C(Cc1n[nH]c(=O)[nH]1)N1CCCCC1c1cccnc1. The number of carbonyl (C=O) groups excluding carboxylic acids is 1. The Bertz CT molecular complexity index is 663. The quantitative estimate of drug-likeness (QED) is 0.872. The highest BCUT2D eigenvalue weighted by atomic mass is 16.2. The number of likely N-dealkylation sites (tertiary alicyclic amines) is 1. The van der Waals surface area contributed by atoms with Crippen LogP contribution in [0.25, 0.3) is 0 Å². The molecule has 0 aliphatic carbocycles. The van der Waals surface area contributed by atoms with Gasteiger partial charge in [0.2, 0.25) is 5.91 Å². The number of nitrogens with zero attached hydrogens (tertiary/aromatic N) is 3. The summed E-state index contributed by atoms with van der Waals surface area (Å²) in [5, 5.41) is 6.07. The Balaban J connectivity index is 1.77. The van der Waals surface area contributed by atoms with E-state index in [1.807, 2.05) is 23.2 Å². The first kappa shape index (κ1) is 13.5. The molecule has 2 N–H and O–H groups in total. The maximum Gasteiger partial charge on any atom is 0.340 e. The molecule has 0 spiro atoms. The number of rotatable bonds is 3. The third-order valence-corrected chi connectivity index (χ3v) is 3.76. The number of carbonyl (C=O) groups is 1. The first-order chi connectivity index (χ1) is 10.2. The van der Waals surface area contributed by atoms with Crippen LogP contribution in [-0.2, 0) is 11.2 Å². The highest BCUT2D eigenvalue weighted by Crippen LogP contribution is 2.30. The molecule has 0 bridgehead atoms.